The van der Waals surface area contributed by atoms with Crippen molar-refractivity contribution in [3.05, 3.63) is 78.5 Å². The summed E-state index contributed by atoms with van der Waals surface area (Å²) in [6, 6.07) is 8.92. The smallest absolute Gasteiger partial charge is 0.338 e. The number of hydrogen-bond acceptors (Lipinski definition) is 11. The quantitative estimate of drug-likeness (QED) is 0.245. The molecule has 0 saturated heterocycles. The van der Waals surface area contributed by atoms with Gasteiger partial charge < -0.3 is 23.7 Å². The zero-order chi connectivity index (χ0) is 32.1. The molecule has 232 valence electrons. The lowest BCUT2D eigenvalue weighted by Gasteiger charge is -2.25. The Bertz CT molecular complexity index is 1820. The number of aromatic nitrogens is 1. The highest BCUT2D eigenvalue weighted by atomic mass is 32.1. The van der Waals surface area contributed by atoms with Gasteiger partial charge >= 0.3 is 17.9 Å². The largest absolute Gasteiger partial charge is 0.493 e. The number of esters is 3. The van der Waals surface area contributed by atoms with E-state index < -0.39 is 23.9 Å². The van der Waals surface area contributed by atoms with E-state index in [1.165, 1.54) is 25.5 Å². The SMILES string of the molecule is CCOc1cc(/C=c2\sc3n(c2=O)[C@H](c2ccc(OC(C)=O)c(OC)c2)C(C(=O)OCC(C)C)=C(C)N=3)ccc1OC(C)=O. The van der Waals surface area contributed by atoms with Gasteiger partial charge in [0, 0.05) is 13.8 Å². The van der Waals surface area contributed by atoms with Crippen molar-refractivity contribution in [1.29, 1.82) is 0 Å². The minimum absolute atomic E-state index is 0.0939. The molecule has 1 aliphatic rings. The van der Waals surface area contributed by atoms with E-state index in [-0.39, 0.29) is 40.9 Å². The Morgan fingerprint density at radius 3 is 2.27 bits per heavy atom. The maximum Gasteiger partial charge on any atom is 0.338 e. The third-order valence-corrected chi connectivity index (χ3v) is 7.35. The summed E-state index contributed by atoms with van der Waals surface area (Å²) in [7, 11) is 1.43. The minimum atomic E-state index is -0.904. The van der Waals surface area contributed by atoms with Gasteiger partial charge in [0.2, 0.25) is 0 Å². The maximum absolute atomic E-state index is 14.0. The van der Waals surface area contributed by atoms with E-state index in [9.17, 15) is 19.2 Å². The van der Waals surface area contributed by atoms with Crippen LogP contribution >= 0.6 is 11.3 Å². The van der Waals surface area contributed by atoms with Gasteiger partial charge in [-0.05, 0) is 61.2 Å². The van der Waals surface area contributed by atoms with E-state index >= 15 is 0 Å². The standard InChI is InChI=1S/C32H34N2O9S/c1-8-40-26-13-21(9-11-24(26)43-20(6)36)14-27-30(37)34-29(22-10-12-23(42-19(5)35)25(15-22)39-7)28(18(4)33-32(34)44-27)31(38)41-16-17(2)3/h9-15,17,29H,8,16H2,1-7H3/b27-14-/t29-/m1/s1. The van der Waals surface area contributed by atoms with Crippen LogP contribution in [0.1, 0.15) is 58.7 Å². The summed E-state index contributed by atoms with van der Waals surface area (Å²) in [5.74, 6) is -0.434. The average molecular weight is 623 g/mol. The summed E-state index contributed by atoms with van der Waals surface area (Å²) in [6.45, 7) is 10.5. The molecule has 0 aliphatic carbocycles. The van der Waals surface area contributed by atoms with E-state index in [1.54, 1.807) is 49.4 Å². The molecule has 0 bridgehead atoms. The van der Waals surface area contributed by atoms with Crippen molar-refractivity contribution in [1.82, 2.24) is 4.57 Å². The van der Waals surface area contributed by atoms with Gasteiger partial charge in [0.25, 0.3) is 5.56 Å². The van der Waals surface area contributed by atoms with Crippen molar-refractivity contribution in [2.75, 3.05) is 20.3 Å². The lowest BCUT2D eigenvalue weighted by molar-refractivity contribution is -0.140. The lowest BCUT2D eigenvalue weighted by Crippen LogP contribution is -2.40. The molecule has 44 heavy (non-hydrogen) atoms. The second kappa shape index (κ2) is 13.7. The molecule has 12 heteroatoms. The molecule has 2 heterocycles. The zero-order valence-corrected chi connectivity index (χ0v) is 26.4. The molecule has 1 aromatic heterocycles. The van der Waals surface area contributed by atoms with Gasteiger partial charge in [0.1, 0.15) is 0 Å². The maximum atomic E-state index is 14.0. The monoisotopic (exact) mass is 622 g/mol. The molecular weight excluding hydrogens is 588 g/mol. The molecule has 3 aromatic rings. The molecule has 2 aromatic carbocycles. The number of methoxy groups -OCH3 is 1. The number of carbonyl (C=O) groups excluding carboxylic acids is 3. The van der Waals surface area contributed by atoms with Crippen LogP contribution in [0.25, 0.3) is 6.08 Å². The van der Waals surface area contributed by atoms with Crippen molar-refractivity contribution in [3.8, 4) is 23.0 Å². The number of nitrogens with zero attached hydrogens (tertiary/aromatic N) is 2. The van der Waals surface area contributed by atoms with Crippen LogP contribution in [-0.4, -0.2) is 42.8 Å². The third kappa shape index (κ3) is 7.08. The number of hydrogen-bond donors (Lipinski definition) is 0. The molecule has 4 rings (SSSR count). The Kier molecular flexibility index (Phi) is 10.0. The van der Waals surface area contributed by atoms with E-state index in [0.29, 0.717) is 38.5 Å². The van der Waals surface area contributed by atoms with Gasteiger partial charge in [0.15, 0.2) is 27.8 Å². The highest BCUT2D eigenvalue weighted by Gasteiger charge is 2.34. The summed E-state index contributed by atoms with van der Waals surface area (Å²) in [5.41, 5.74) is 1.39. The van der Waals surface area contributed by atoms with Crippen molar-refractivity contribution in [2.24, 2.45) is 10.9 Å². The lowest BCUT2D eigenvalue weighted by atomic mass is 9.95. The third-order valence-electron chi connectivity index (χ3n) is 6.37. The van der Waals surface area contributed by atoms with Crippen molar-refractivity contribution in [2.45, 2.75) is 47.6 Å². The van der Waals surface area contributed by atoms with Crippen LogP contribution in [0, 0.1) is 5.92 Å². The Balaban J connectivity index is 1.90. The number of thiazole rings is 1. The van der Waals surface area contributed by atoms with Gasteiger partial charge in [-0.15, -0.1) is 0 Å². The van der Waals surface area contributed by atoms with Crippen LogP contribution in [0.3, 0.4) is 0 Å². The van der Waals surface area contributed by atoms with Crippen LogP contribution in [0.15, 0.2) is 57.5 Å². The zero-order valence-electron chi connectivity index (χ0n) is 25.6. The number of carbonyl (C=O) groups is 3. The average Bonchev–Trinajstić information content (AvgIpc) is 3.26. The molecule has 11 nitrogen and oxygen atoms in total. The second-order valence-electron chi connectivity index (χ2n) is 10.3. The molecule has 0 fully saturated rings. The fourth-order valence-corrected chi connectivity index (χ4v) is 5.63. The Morgan fingerprint density at radius 1 is 1.00 bits per heavy atom. The van der Waals surface area contributed by atoms with Gasteiger partial charge in [-0.2, -0.15) is 0 Å². The number of ether oxygens (including phenoxy) is 5. The normalized spacial score (nSPS) is 14.5. The molecule has 0 spiro atoms. The van der Waals surface area contributed by atoms with E-state index in [1.807, 2.05) is 20.8 Å². The summed E-state index contributed by atoms with van der Waals surface area (Å²) in [4.78, 5) is 55.7. The van der Waals surface area contributed by atoms with E-state index in [2.05, 4.69) is 4.99 Å². The first-order valence-corrected chi connectivity index (χ1v) is 14.8. The molecule has 1 aliphatic heterocycles. The molecule has 1 atom stereocenters. The van der Waals surface area contributed by atoms with Gasteiger partial charge in [-0.1, -0.05) is 37.3 Å². The fourth-order valence-electron chi connectivity index (χ4n) is 4.58. The van der Waals surface area contributed by atoms with Gasteiger partial charge in [-0.25, -0.2) is 9.79 Å². The Hall–Kier alpha value is -4.71. The highest BCUT2D eigenvalue weighted by molar-refractivity contribution is 7.07. The molecule has 0 radical (unpaired) electrons. The Morgan fingerprint density at radius 2 is 1.66 bits per heavy atom. The van der Waals surface area contributed by atoms with Crippen LogP contribution in [-0.2, 0) is 19.1 Å². The number of allylic oxidation sites excluding steroid dienone is 1. The first kappa shape index (κ1) is 32.2. The molecule has 0 unspecified atom stereocenters. The summed E-state index contributed by atoms with van der Waals surface area (Å²) < 4.78 is 29.0. The molecule has 0 amide bonds. The Labute approximate surface area is 258 Å². The topological polar surface area (TPSA) is 132 Å². The van der Waals surface area contributed by atoms with Crippen LogP contribution in [0.2, 0.25) is 0 Å². The summed E-state index contributed by atoms with van der Waals surface area (Å²) in [5, 5.41) is 0. The highest BCUT2D eigenvalue weighted by Crippen LogP contribution is 2.36. The number of rotatable bonds is 10. The fraction of sp³-hybridized carbons (Fsp3) is 0.344. The summed E-state index contributed by atoms with van der Waals surface area (Å²) >= 11 is 1.16. The van der Waals surface area contributed by atoms with Crippen molar-refractivity contribution < 1.29 is 38.1 Å². The number of fused-ring (bicyclic) bond motifs is 1. The van der Waals surface area contributed by atoms with E-state index in [0.717, 1.165) is 11.3 Å². The van der Waals surface area contributed by atoms with E-state index in [4.69, 9.17) is 23.7 Å². The number of benzene rings is 2. The van der Waals surface area contributed by atoms with Crippen LogP contribution in [0.5, 0.6) is 23.0 Å². The van der Waals surface area contributed by atoms with Crippen LogP contribution < -0.4 is 33.8 Å². The van der Waals surface area contributed by atoms with Gasteiger partial charge in [0.05, 0.1) is 42.2 Å². The second-order valence-corrected chi connectivity index (χ2v) is 11.3. The first-order valence-electron chi connectivity index (χ1n) is 13.9. The summed E-state index contributed by atoms with van der Waals surface area (Å²) in [6.07, 6.45) is 1.68. The van der Waals surface area contributed by atoms with Crippen molar-refractivity contribution in [3.63, 3.8) is 0 Å². The molecule has 0 saturated carbocycles. The predicted molar refractivity (Wildman–Crippen MR) is 163 cm³/mol. The van der Waals surface area contributed by atoms with Crippen molar-refractivity contribution >= 4 is 35.3 Å². The van der Waals surface area contributed by atoms with Gasteiger partial charge in [-0.3, -0.25) is 19.0 Å². The minimum Gasteiger partial charge on any atom is -0.493 e. The van der Waals surface area contributed by atoms with Crippen LogP contribution in [0.4, 0.5) is 0 Å². The first-order chi connectivity index (χ1) is 20.9. The molecular formula is C32H34N2O9S. The molecule has 0 N–H and O–H groups in total. The predicted octanol–water partition coefficient (Wildman–Crippen LogP) is 3.69.